The van der Waals surface area contributed by atoms with Crippen LogP contribution in [-0.2, 0) is 16.0 Å². The molecule has 4 N–H and O–H groups in total. The summed E-state index contributed by atoms with van der Waals surface area (Å²) in [7, 11) is 0. The molecule has 0 aromatic carbocycles. The summed E-state index contributed by atoms with van der Waals surface area (Å²) in [5.41, 5.74) is 6.98. The molecule has 1 fully saturated rings. The van der Waals surface area contributed by atoms with E-state index in [1.54, 1.807) is 0 Å². The molecule has 9 nitrogen and oxygen atoms in total. The second-order valence-electron chi connectivity index (χ2n) is 8.86. The fourth-order valence-electron chi connectivity index (χ4n) is 4.58. The number of rotatable bonds is 11. The summed E-state index contributed by atoms with van der Waals surface area (Å²) < 4.78 is 0. The van der Waals surface area contributed by atoms with Gasteiger partial charge in [-0.1, -0.05) is 13.0 Å². The number of carbonyl (C=O) groups is 2. The molecule has 2 amide bonds. The number of nitrogens with two attached hydrogens (primary N) is 1. The standard InChI is InChI=1S/C23H35ClN6O3/c1-3-4-18(26-8-7-20(25)32)15(2)17(24)13-21(33)29-9-11-30(12-10-29)23-16-5-6-19(31)22(16)27-14-28-23/h3,14-15,17-19,26,31H,1,4-13H2,2H3,(H2,25,32)/t15-,17?,18-,19?/m1/s1. The highest BCUT2D eigenvalue weighted by atomic mass is 35.5. The summed E-state index contributed by atoms with van der Waals surface area (Å²) in [6.07, 6.45) is 5.46. The van der Waals surface area contributed by atoms with E-state index in [0.29, 0.717) is 45.6 Å². The highest BCUT2D eigenvalue weighted by Crippen LogP contribution is 2.34. The Bertz CT molecular complexity index is 845. The van der Waals surface area contributed by atoms with E-state index in [-0.39, 0.29) is 42.0 Å². The van der Waals surface area contributed by atoms with Crippen LogP contribution in [0, 0.1) is 5.92 Å². The van der Waals surface area contributed by atoms with Crippen LogP contribution < -0.4 is 16.0 Å². The molecular weight excluding hydrogens is 444 g/mol. The van der Waals surface area contributed by atoms with Crippen molar-refractivity contribution in [2.45, 2.75) is 56.6 Å². The maximum atomic E-state index is 12.9. The third-order valence-electron chi connectivity index (χ3n) is 6.64. The Hall–Kier alpha value is -2.23. The average Bonchev–Trinajstić information content (AvgIpc) is 3.19. The summed E-state index contributed by atoms with van der Waals surface area (Å²) in [6, 6.07) is 0.0178. The van der Waals surface area contributed by atoms with Gasteiger partial charge >= 0.3 is 0 Å². The number of fused-ring (bicyclic) bond motifs is 1. The number of nitrogens with zero attached hydrogens (tertiary/aromatic N) is 4. The van der Waals surface area contributed by atoms with Crippen LogP contribution in [0.1, 0.15) is 50.0 Å². The molecule has 33 heavy (non-hydrogen) atoms. The van der Waals surface area contributed by atoms with Crippen molar-refractivity contribution in [3.63, 3.8) is 0 Å². The van der Waals surface area contributed by atoms with Crippen LogP contribution in [0.15, 0.2) is 19.0 Å². The van der Waals surface area contributed by atoms with Gasteiger partial charge in [0.05, 0.1) is 11.8 Å². The van der Waals surface area contributed by atoms with E-state index >= 15 is 0 Å². The van der Waals surface area contributed by atoms with Gasteiger partial charge in [0.2, 0.25) is 11.8 Å². The topological polar surface area (TPSA) is 125 Å². The average molecular weight is 479 g/mol. The molecule has 10 heteroatoms. The number of aliphatic hydroxyl groups excluding tert-OH is 1. The van der Waals surface area contributed by atoms with Crippen molar-refractivity contribution < 1.29 is 14.7 Å². The lowest BCUT2D eigenvalue weighted by Gasteiger charge is -2.37. The number of carbonyl (C=O) groups excluding carboxylic acids is 2. The van der Waals surface area contributed by atoms with E-state index in [1.165, 1.54) is 6.33 Å². The molecule has 2 unspecified atom stereocenters. The first-order chi connectivity index (χ1) is 15.8. The predicted octanol–water partition coefficient (Wildman–Crippen LogP) is 1.15. The number of hydrogen-bond donors (Lipinski definition) is 3. The van der Waals surface area contributed by atoms with E-state index in [9.17, 15) is 14.7 Å². The third kappa shape index (κ3) is 6.43. The number of hydrogen-bond acceptors (Lipinski definition) is 7. The molecule has 1 aromatic rings. The Morgan fingerprint density at radius 3 is 2.76 bits per heavy atom. The van der Waals surface area contributed by atoms with E-state index < -0.39 is 6.10 Å². The lowest BCUT2D eigenvalue weighted by Crippen LogP contribution is -2.50. The van der Waals surface area contributed by atoms with Gasteiger partial charge in [-0.25, -0.2) is 9.97 Å². The minimum atomic E-state index is -0.512. The quantitative estimate of drug-likeness (QED) is 0.322. The molecule has 1 aliphatic heterocycles. The normalized spacial score (nSPS) is 20.8. The Kier molecular flexibility index (Phi) is 9.05. The fraction of sp³-hybridized carbons (Fsp3) is 0.652. The second-order valence-corrected chi connectivity index (χ2v) is 9.42. The lowest BCUT2D eigenvalue weighted by molar-refractivity contribution is -0.131. The number of primary amides is 1. The minimum Gasteiger partial charge on any atom is -0.387 e. The molecule has 0 bridgehead atoms. The van der Waals surface area contributed by atoms with E-state index in [2.05, 4.69) is 26.8 Å². The number of alkyl halides is 1. The highest BCUT2D eigenvalue weighted by molar-refractivity contribution is 6.22. The molecule has 2 heterocycles. The summed E-state index contributed by atoms with van der Waals surface area (Å²) in [4.78, 5) is 36.7. The predicted molar refractivity (Wildman–Crippen MR) is 128 cm³/mol. The van der Waals surface area contributed by atoms with Gasteiger partial charge in [0, 0.05) is 62.5 Å². The molecule has 1 aromatic heterocycles. The lowest BCUT2D eigenvalue weighted by atomic mass is 9.93. The molecular formula is C23H35ClN6O3. The van der Waals surface area contributed by atoms with E-state index in [1.807, 2.05) is 17.9 Å². The van der Waals surface area contributed by atoms with Crippen molar-refractivity contribution in [1.82, 2.24) is 20.2 Å². The molecule has 0 radical (unpaired) electrons. The Balaban J connectivity index is 1.51. The molecule has 0 saturated carbocycles. The van der Waals surface area contributed by atoms with Crippen molar-refractivity contribution in [2.75, 3.05) is 37.6 Å². The smallest absolute Gasteiger partial charge is 0.224 e. The fourth-order valence-corrected chi connectivity index (χ4v) is 4.89. The Labute approximate surface area is 200 Å². The zero-order valence-corrected chi connectivity index (χ0v) is 20.0. The molecule has 1 saturated heterocycles. The third-order valence-corrected chi connectivity index (χ3v) is 7.20. The van der Waals surface area contributed by atoms with Gasteiger partial charge in [-0.05, 0) is 25.2 Å². The van der Waals surface area contributed by atoms with Crippen molar-refractivity contribution >= 4 is 29.2 Å². The largest absolute Gasteiger partial charge is 0.387 e. The van der Waals surface area contributed by atoms with Gasteiger partial charge in [-0.2, -0.15) is 0 Å². The van der Waals surface area contributed by atoms with E-state index in [0.717, 1.165) is 23.5 Å². The molecule has 0 spiro atoms. The number of aromatic nitrogens is 2. The number of amides is 2. The van der Waals surface area contributed by atoms with Crippen LogP contribution in [0.2, 0.25) is 0 Å². The zero-order valence-electron chi connectivity index (χ0n) is 19.3. The van der Waals surface area contributed by atoms with E-state index in [4.69, 9.17) is 17.3 Å². The van der Waals surface area contributed by atoms with Crippen LogP contribution in [-0.4, -0.2) is 75.9 Å². The van der Waals surface area contributed by atoms with Crippen molar-refractivity contribution in [2.24, 2.45) is 11.7 Å². The molecule has 2 aliphatic rings. The molecule has 3 rings (SSSR count). The number of anilines is 1. The summed E-state index contributed by atoms with van der Waals surface area (Å²) in [5.74, 6) is 0.575. The van der Waals surface area contributed by atoms with Crippen molar-refractivity contribution in [3.8, 4) is 0 Å². The summed E-state index contributed by atoms with van der Waals surface area (Å²) >= 11 is 6.66. The van der Waals surface area contributed by atoms with Crippen molar-refractivity contribution in [1.29, 1.82) is 0 Å². The van der Waals surface area contributed by atoms with Gasteiger partial charge in [-0.15, -0.1) is 18.2 Å². The highest BCUT2D eigenvalue weighted by Gasteiger charge is 2.31. The minimum absolute atomic E-state index is 0.0119. The molecule has 182 valence electrons. The summed E-state index contributed by atoms with van der Waals surface area (Å²) in [5, 5.41) is 13.1. The Morgan fingerprint density at radius 1 is 1.36 bits per heavy atom. The van der Waals surface area contributed by atoms with Gasteiger partial charge in [0.1, 0.15) is 12.1 Å². The molecule has 4 atom stereocenters. The first-order valence-electron chi connectivity index (χ1n) is 11.6. The monoisotopic (exact) mass is 478 g/mol. The van der Waals surface area contributed by atoms with Crippen LogP contribution >= 0.6 is 11.6 Å². The first kappa shape index (κ1) is 25.4. The SMILES string of the molecule is C=CC[C@@H](NCCC(N)=O)[C@H](C)C(Cl)CC(=O)N1CCN(c2ncnc3c2CCC3O)CC1. The number of piperazine rings is 1. The van der Waals surface area contributed by atoms with Crippen molar-refractivity contribution in [3.05, 3.63) is 30.2 Å². The van der Waals surface area contributed by atoms with Crippen LogP contribution in [0.3, 0.4) is 0 Å². The zero-order chi connectivity index (χ0) is 24.0. The van der Waals surface area contributed by atoms with Gasteiger partial charge in [0.25, 0.3) is 0 Å². The van der Waals surface area contributed by atoms with Crippen LogP contribution in [0.4, 0.5) is 5.82 Å². The van der Waals surface area contributed by atoms with Crippen LogP contribution in [0.5, 0.6) is 0 Å². The van der Waals surface area contributed by atoms with Crippen LogP contribution in [0.25, 0.3) is 0 Å². The maximum Gasteiger partial charge on any atom is 0.224 e. The summed E-state index contributed by atoms with van der Waals surface area (Å²) in [6.45, 7) is 8.85. The van der Waals surface area contributed by atoms with Gasteiger partial charge in [-0.3, -0.25) is 9.59 Å². The number of halogens is 1. The second kappa shape index (κ2) is 11.8. The number of nitrogens with one attached hydrogen (secondary N) is 1. The molecule has 1 aliphatic carbocycles. The first-order valence-corrected chi connectivity index (χ1v) is 12.1. The maximum absolute atomic E-state index is 12.9. The Morgan fingerprint density at radius 2 is 2.09 bits per heavy atom. The number of aliphatic hydroxyl groups is 1. The van der Waals surface area contributed by atoms with Gasteiger partial charge < -0.3 is 26.0 Å². The van der Waals surface area contributed by atoms with Gasteiger partial charge in [0.15, 0.2) is 0 Å².